The second-order valence-corrected chi connectivity index (χ2v) is 3.31. The van der Waals surface area contributed by atoms with Gasteiger partial charge in [-0.2, -0.15) is 0 Å². The number of aliphatic hydroxyl groups is 2. The molecule has 0 amide bonds. The van der Waals surface area contributed by atoms with Gasteiger partial charge in [-0.05, 0) is 6.92 Å². The summed E-state index contributed by atoms with van der Waals surface area (Å²) in [6.45, 7) is 1.18. The van der Waals surface area contributed by atoms with Gasteiger partial charge in [-0.1, -0.05) is 0 Å². The number of carbonyl (C=O) groups is 1. The van der Waals surface area contributed by atoms with E-state index in [0.717, 1.165) is 6.08 Å². The molecule has 0 aromatic rings. The molecular formula is C9H12N2O5. The normalized spacial score (nSPS) is 20.8. The molecule has 0 saturated heterocycles. The van der Waals surface area contributed by atoms with Crippen molar-refractivity contribution in [3.63, 3.8) is 0 Å². The van der Waals surface area contributed by atoms with Crippen molar-refractivity contribution in [1.82, 2.24) is 5.32 Å². The molecule has 0 fully saturated rings. The van der Waals surface area contributed by atoms with Crippen molar-refractivity contribution < 1.29 is 19.9 Å². The summed E-state index contributed by atoms with van der Waals surface area (Å²) in [4.78, 5) is 21.5. The Labute approximate surface area is 91.2 Å². The summed E-state index contributed by atoms with van der Waals surface area (Å²) >= 11 is 0. The van der Waals surface area contributed by atoms with E-state index < -0.39 is 16.7 Å². The Hall–Kier alpha value is -1.89. The fraction of sp³-hybridized carbons (Fsp3) is 0.444. The Morgan fingerprint density at radius 1 is 1.62 bits per heavy atom. The highest BCUT2D eigenvalue weighted by Crippen LogP contribution is 2.20. The average Bonchev–Trinajstić information content (AvgIpc) is 2.22. The molecule has 1 atom stereocenters. The van der Waals surface area contributed by atoms with Gasteiger partial charge in [0.05, 0.1) is 12.3 Å². The lowest BCUT2D eigenvalue weighted by Gasteiger charge is -2.18. The number of hydrogen-bond donors (Lipinski definition) is 3. The van der Waals surface area contributed by atoms with Crippen molar-refractivity contribution in [3.05, 3.63) is 33.2 Å². The molecule has 88 valence electrons. The summed E-state index contributed by atoms with van der Waals surface area (Å²) in [5.74, 6) is -1.03. The van der Waals surface area contributed by atoms with Gasteiger partial charge in [-0.25, -0.2) is 0 Å². The molecule has 1 rings (SSSR count). The number of aliphatic hydroxyl groups excluding tert-OH is 2. The third-order valence-corrected chi connectivity index (χ3v) is 2.24. The molecule has 0 heterocycles. The van der Waals surface area contributed by atoms with Gasteiger partial charge < -0.3 is 15.5 Å². The van der Waals surface area contributed by atoms with Crippen molar-refractivity contribution in [2.24, 2.45) is 0 Å². The van der Waals surface area contributed by atoms with Gasteiger partial charge >= 0.3 is 6.04 Å². The van der Waals surface area contributed by atoms with Crippen LogP contribution in [-0.4, -0.2) is 40.1 Å². The molecule has 3 N–H and O–H groups in total. The molecule has 1 aliphatic rings. The Kier molecular flexibility index (Phi) is 3.62. The van der Waals surface area contributed by atoms with Gasteiger partial charge in [0.25, 0.3) is 0 Å². The maximum Gasteiger partial charge on any atom is 0.313 e. The highest BCUT2D eigenvalue weighted by Gasteiger charge is 2.39. The van der Waals surface area contributed by atoms with E-state index in [0.29, 0.717) is 0 Å². The molecule has 0 saturated carbocycles. The Morgan fingerprint density at radius 2 is 2.25 bits per heavy atom. The van der Waals surface area contributed by atoms with Gasteiger partial charge in [0.1, 0.15) is 5.76 Å². The predicted molar refractivity (Wildman–Crippen MR) is 54.3 cm³/mol. The number of nitrogens with one attached hydrogen (secondary N) is 1. The van der Waals surface area contributed by atoms with Crippen molar-refractivity contribution in [1.29, 1.82) is 0 Å². The Morgan fingerprint density at radius 3 is 2.75 bits per heavy atom. The van der Waals surface area contributed by atoms with Crippen LogP contribution in [0.5, 0.6) is 0 Å². The van der Waals surface area contributed by atoms with E-state index in [1.54, 1.807) is 0 Å². The standard InChI is InChI=1S/C9H12N2O5/c1-5-7(13)4-6(10-2-3-12)8(9(5)14)11(15)16/h4,8,10,12-13H,2-3H2,1H3. The molecule has 7 heteroatoms. The molecule has 0 radical (unpaired) electrons. The van der Waals surface area contributed by atoms with E-state index in [9.17, 15) is 20.0 Å². The second kappa shape index (κ2) is 4.75. The summed E-state index contributed by atoms with van der Waals surface area (Å²) in [6.07, 6.45) is 1.14. The van der Waals surface area contributed by atoms with Crippen molar-refractivity contribution in [3.8, 4) is 0 Å². The van der Waals surface area contributed by atoms with Gasteiger partial charge in [0.15, 0.2) is 0 Å². The zero-order valence-corrected chi connectivity index (χ0v) is 8.64. The summed E-state index contributed by atoms with van der Waals surface area (Å²) in [5, 5.41) is 31.2. The largest absolute Gasteiger partial charge is 0.507 e. The minimum atomic E-state index is -1.53. The number of nitrogens with zero attached hydrogens (tertiary/aromatic N) is 1. The van der Waals surface area contributed by atoms with E-state index in [1.807, 2.05) is 0 Å². The van der Waals surface area contributed by atoms with E-state index in [2.05, 4.69) is 5.32 Å². The number of hydrogen-bond acceptors (Lipinski definition) is 6. The van der Waals surface area contributed by atoms with Crippen molar-refractivity contribution in [2.45, 2.75) is 13.0 Å². The van der Waals surface area contributed by atoms with Crippen LogP contribution in [0.25, 0.3) is 0 Å². The number of ketones is 1. The first-order valence-corrected chi connectivity index (χ1v) is 4.63. The van der Waals surface area contributed by atoms with Crippen LogP contribution in [0.3, 0.4) is 0 Å². The van der Waals surface area contributed by atoms with Crippen LogP contribution >= 0.6 is 0 Å². The van der Waals surface area contributed by atoms with E-state index in [1.165, 1.54) is 6.92 Å². The molecule has 0 aliphatic heterocycles. The molecule has 7 nitrogen and oxygen atoms in total. The maximum atomic E-state index is 11.5. The van der Waals surface area contributed by atoms with Crippen LogP contribution in [0.1, 0.15) is 6.92 Å². The summed E-state index contributed by atoms with van der Waals surface area (Å²) in [6, 6.07) is -1.53. The van der Waals surface area contributed by atoms with Crippen LogP contribution in [0, 0.1) is 10.1 Å². The minimum Gasteiger partial charge on any atom is -0.507 e. The minimum absolute atomic E-state index is 0.00727. The van der Waals surface area contributed by atoms with Crippen LogP contribution < -0.4 is 5.32 Å². The van der Waals surface area contributed by atoms with E-state index in [-0.39, 0.29) is 30.2 Å². The average molecular weight is 228 g/mol. The van der Waals surface area contributed by atoms with Gasteiger partial charge in [-0.15, -0.1) is 0 Å². The monoisotopic (exact) mass is 228 g/mol. The SMILES string of the molecule is CC1=C(O)C=C(NCCO)C([N+](=O)[O-])C1=O. The maximum absolute atomic E-state index is 11.5. The first kappa shape index (κ1) is 12.2. The molecule has 1 unspecified atom stereocenters. The fourth-order valence-electron chi connectivity index (χ4n) is 1.36. The van der Waals surface area contributed by atoms with Gasteiger partial charge in [0, 0.05) is 23.1 Å². The number of nitro groups is 1. The van der Waals surface area contributed by atoms with Crippen LogP contribution in [0.4, 0.5) is 0 Å². The number of allylic oxidation sites excluding steroid dienone is 1. The lowest BCUT2D eigenvalue weighted by molar-refractivity contribution is -0.498. The highest BCUT2D eigenvalue weighted by molar-refractivity contribution is 6.02. The number of rotatable bonds is 4. The summed E-state index contributed by atoms with van der Waals surface area (Å²) in [5.41, 5.74) is -0.0385. The third-order valence-electron chi connectivity index (χ3n) is 2.24. The van der Waals surface area contributed by atoms with Gasteiger partial charge in [-0.3, -0.25) is 14.9 Å². The topological polar surface area (TPSA) is 113 Å². The van der Waals surface area contributed by atoms with Crippen LogP contribution in [0.2, 0.25) is 0 Å². The number of Topliss-reactive ketones (excluding diaryl/α,β-unsaturated/α-hetero) is 1. The summed E-state index contributed by atoms with van der Waals surface area (Å²) < 4.78 is 0. The predicted octanol–water partition coefficient (Wildman–Crippen LogP) is -0.488. The highest BCUT2D eigenvalue weighted by atomic mass is 16.6. The van der Waals surface area contributed by atoms with E-state index >= 15 is 0 Å². The Bertz CT molecular complexity index is 385. The lowest BCUT2D eigenvalue weighted by atomic mass is 9.96. The van der Waals surface area contributed by atoms with Crippen molar-refractivity contribution in [2.75, 3.05) is 13.2 Å². The van der Waals surface area contributed by atoms with Gasteiger partial charge in [0.2, 0.25) is 5.78 Å². The zero-order valence-electron chi connectivity index (χ0n) is 8.64. The van der Waals surface area contributed by atoms with Crippen LogP contribution in [-0.2, 0) is 4.79 Å². The fourth-order valence-corrected chi connectivity index (χ4v) is 1.36. The molecule has 1 aliphatic carbocycles. The molecular weight excluding hydrogens is 216 g/mol. The molecule has 0 aromatic carbocycles. The van der Waals surface area contributed by atoms with E-state index in [4.69, 9.17) is 5.11 Å². The smallest absolute Gasteiger partial charge is 0.313 e. The third kappa shape index (κ3) is 2.19. The molecule has 16 heavy (non-hydrogen) atoms. The molecule has 0 aromatic heterocycles. The first-order chi connectivity index (χ1) is 7.49. The quantitative estimate of drug-likeness (QED) is 0.442. The molecule has 0 spiro atoms. The first-order valence-electron chi connectivity index (χ1n) is 4.63. The van der Waals surface area contributed by atoms with Crippen molar-refractivity contribution >= 4 is 5.78 Å². The number of carbonyl (C=O) groups excluding carboxylic acids is 1. The lowest BCUT2D eigenvalue weighted by Crippen LogP contribution is -2.41. The molecule has 0 bridgehead atoms. The zero-order chi connectivity index (χ0) is 12.3. The van der Waals surface area contributed by atoms with Crippen LogP contribution in [0.15, 0.2) is 23.1 Å². The Balaban J connectivity index is 3.04. The second-order valence-electron chi connectivity index (χ2n) is 3.31. The summed E-state index contributed by atoms with van der Waals surface area (Å²) in [7, 11) is 0.